The fourth-order valence-electron chi connectivity index (χ4n) is 1.15. The van der Waals surface area contributed by atoms with Gasteiger partial charge in [0.25, 0.3) is 0 Å². The van der Waals surface area contributed by atoms with Crippen molar-refractivity contribution in [3.05, 3.63) is 22.2 Å². The van der Waals surface area contributed by atoms with Crippen molar-refractivity contribution in [3.8, 4) is 0 Å². The van der Waals surface area contributed by atoms with Crippen LogP contribution in [0.25, 0.3) is 0 Å². The molecule has 90 valence electrons. The fraction of sp³-hybridized carbons (Fsp3) is 0.333. The lowest BCUT2D eigenvalue weighted by Gasteiger charge is -2.17. The molecule has 2 N–H and O–H groups in total. The summed E-state index contributed by atoms with van der Waals surface area (Å²) < 4.78 is 25.2. The molecule has 1 aromatic carbocycles. The number of halogens is 2. The smallest absolute Gasteiger partial charge is 0.245 e. The Morgan fingerprint density at radius 2 is 1.75 bits per heavy atom. The van der Waals surface area contributed by atoms with Crippen molar-refractivity contribution in [3.63, 3.8) is 0 Å². The van der Waals surface area contributed by atoms with Crippen LogP contribution in [0.3, 0.4) is 0 Å². The van der Waals surface area contributed by atoms with Crippen molar-refractivity contribution in [2.45, 2.75) is 11.8 Å². The lowest BCUT2D eigenvalue weighted by atomic mass is 10.3. The van der Waals surface area contributed by atoms with E-state index in [0.29, 0.717) is 12.2 Å². The van der Waals surface area contributed by atoms with Gasteiger partial charge in [-0.15, -0.1) is 0 Å². The summed E-state index contributed by atoms with van der Waals surface area (Å²) in [6.45, 7) is 2.05. The van der Waals surface area contributed by atoms with Gasteiger partial charge < -0.3 is 5.73 Å². The first-order valence-corrected chi connectivity index (χ1v) is 6.71. The Morgan fingerprint density at radius 3 is 2.12 bits per heavy atom. The van der Waals surface area contributed by atoms with Gasteiger partial charge in [0.2, 0.25) is 10.0 Å². The molecule has 0 bridgehead atoms. The number of sulfonamides is 1. The Labute approximate surface area is 105 Å². The number of rotatable bonds is 3. The van der Waals surface area contributed by atoms with Crippen LogP contribution in [0.15, 0.2) is 17.0 Å². The molecular weight excluding hydrogens is 271 g/mol. The van der Waals surface area contributed by atoms with Crippen LogP contribution >= 0.6 is 23.2 Å². The normalized spacial score (nSPS) is 12.1. The minimum atomic E-state index is -3.65. The Morgan fingerprint density at radius 1 is 1.31 bits per heavy atom. The average molecular weight is 283 g/mol. The summed E-state index contributed by atoms with van der Waals surface area (Å²) in [4.78, 5) is -0.102. The third kappa shape index (κ3) is 2.43. The maximum absolute atomic E-state index is 12.0. The molecule has 7 heteroatoms. The summed E-state index contributed by atoms with van der Waals surface area (Å²) in [5.41, 5.74) is 5.83. The van der Waals surface area contributed by atoms with Gasteiger partial charge in [-0.2, -0.15) is 0 Å². The molecule has 0 saturated carbocycles. The quantitative estimate of drug-likeness (QED) is 0.865. The van der Waals surface area contributed by atoms with Crippen LogP contribution in [0.1, 0.15) is 6.92 Å². The number of nitrogens with two attached hydrogens (primary N) is 1. The standard InChI is InChI=1S/C9H12Cl2N2O2S/c1-3-13(2)16(14,15)9-7(10)4-6(12)5-8(9)11/h4-5H,3,12H2,1-2H3. The molecule has 0 heterocycles. The van der Waals surface area contributed by atoms with Gasteiger partial charge in [-0.05, 0) is 12.1 Å². The molecule has 0 radical (unpaired) electrons. The Kier molecular flexibility index (Phi) is 4.07. The highest BCUT2D eigenvalue weighted by atomic mass is 35.5. The SMILES string of the molecule is CCN(C)S(=O)(=O)c1c(Cl)cc(N)cc1Cl. The molecular formula is C9H12Cl2N2O2S. The monoisotopic (exact) mass is 282 g/mol. The zero-order valence-corrected chi connectivity index (χ0v) is 11.2. The number of nitrogen functional groups attached to an aromatic ring is 1. The maximum Gasteiger partial charge on any atom is 0.245 e. The van der Waals surface area contributed by atoms with E-state index in [1.54, 1.807) is 6.92 Å². The summed E-state index contributed by atoms with van der Waals surface area (Å²) >= 11 is 11.7. The third-order valence-corrected chi connectivity index (χ3v) is 4.99. The number of benzene rings is 1. The van der Waals surface area contributed by atoms with E-state index in [9.17, 15) is 8.42 Å². The highest BCUT2D eigenvalue weighted by Gasteiger charge is 2.25. The largest absolute Gasteiger partial charge is 0.399 e. The van der Waals surface area contributed by atoms with Crippen LogP contribution in [-0.4, -0.2) is 26.3 Å². The molecule has 0 amide bonds. The Bertz CT molecular complexity index is 479. The van der Waals surface area contributed by atoms with E-state index >= 15 is 0 Å². The van der Waals surface area contributed by atoms with Gasteiger partial charge in [0.05, 0.1) is 10.0 Å². The van der Waals surface area contributed by atoms with Gasteiger partial charge in [-0.1, -0.05) is 30.1 Å². The van der Waals surface area contributed by atoms with Gasteiger partial charge in [-0.25, -0.2) is 12.7 Å². The van der Waals surface area contributed by atoms with Crippen molar-refractivity contribution in [2.24, 2.45) is 0 Å². The molecule has 0 atom stereocenters. The van der Waals surface area contributed by atoms with E-state index in [-0.39, 0.29) is 14.9 Å². The first kappa shape index (κ1) is 13.6. The van der Waals surface area contributed by atoms with Crippen molar-refractivity contribution in [2.75, 3.05) is 19.3 Å². The van der Waals surface area contributed by atoms with Crippen LogP contribution < -0.4 is 5.73 Å². The lowest BCUT2D eigenvalue weighted by molar-refractivity contribution is 0.486. The second-order valence-corrected chi connectivity index (χ2v) is 6.03. The average Bonchev–Trinajstić information content (AvgIpc) is 2.14. The Balaban J connectivity index is 3.45. The minimum Gasteiger partial charge on any atom is -0.399 e. The van der Waals surface area contributed by atoms with Crippen LogP contribution in [0.4, 0.5) is 5.69 Å². The van der Waals surface area contributed by atoms with Gasteiger partial charge in [0.1, 0.15) is 4.90 Å². The molecule has 0 unspecified atom stereocenters. The summed E-state index contributed by atoms with van der Waals surface area (Å²) in [6, 6.07) is 2.73. The number of hydrogen-bond acceptors (Lipinski definition) is 3. The highest BCUT2D eigenvalue weighted by Crippen LogP contribution is 2.33. The second-order valence-electron chi connectivity index (χ2n) is 3.23. The Hall–Kier alpha value is -0.490. The molecule has 0 aliphatic rings. The van der Waals surface area contributed by atoms with E-state index in [2.05, 4.69) is 0 Å². The summed E-state index contributed by atoms with van der Waals surface area (Å²) in [6.07, 6.45) is 0. The van der Waals surface area contributed by atoms with Crippen LogP contribution in [0, 0.1) is 0 Å². The van der Waals surface area contributed by atoms with Crippen molar-refractivity contribution >= 4 is 38.9 Å². The first-order valence-electron chi connectivity index (χ1n) is 4.51. The summed E-state index contributed by atoms with van der Waals surface area (Å²) in [5, 5.41) is 0.0654. The number of anilines is 1. The van der Waals surface area contributed by atoms with Crippen LogP contribution in [0.2, 0.25) is 10.0 Å². The molecule has 0 saturated heterocycles. The van der Waals surface area contributed by atoms with E-state index in [1.807, 2.05) is 0 Å². The highest BCUT2D eigenvalue weighted by molar-refractivity contribution is 7.89. The van der Waals surface area contributed by atoms with E-state index < -0.39 is 10.0 Å². The molecule has 4 nitrogen and oxygen atoms in total. The van der Waals surface area contributed by atoms with Gasteiger partial charge >= 0.3 is 0 Å². The van der Waals surface area contributed by atoms with Gasteiger partial charge in [0.15, 0.2) is 0 Å². The second kappa shape index (κ2) is 4.79. The molecule has 0 aromatic heterocycles. The van der Waals surface area contributed by atoms with E-state index in [0.717, 1.165) is 4.31 Å². The summed E-state index contributed by atoms with van der Waals surface area (Å²) in [7, 11) is -2.20. The maximum atomic E-state index is 12.0. The zero-order valence-electron chi connectivity index (χ0n) is 8.87. The van der Waals surface area contributed by atoms with Crippen molar-refractivity contribution in [1.29, 1.82) is 0 Å². The number of hydrogen-bond donors (Lipinski definition) is 1. The van der Waals surface area contributed by atoms with E-state index in [4.69, 9.17) is 28.9 Å². The molecule has 16 heavy (non-hydrogen) atoms. The fourth-order valence-corrected chi connectivity index (χ4v) is 3.50. The summed E-state index contributed by atoms with van der Waals surface area (Å²) in [5.74, 6) is 0. The van der Waals surface area contributed by atoms with Crippen LogP contribution in [-0.2, 0) is 10.0 Å². The van der Waals surface area contributed by atoms with Crippen LogP contribution in [0.5, 0.6) is 0 Å². The minimum absolute atomic E-state index is 0.0327. The molecule has 0 spiro atoms. The first-order chi connectivity index (χ1) is 7.30. The van der Waals surface area contributed by atoms with Gasteiger partial charge in [-0.3, -0.25) is 0 Å². The topological polar surface area (TPSA) is 63.4 Å². The van der Waals surface area contributed by atoms with Gasteiger partial charge in [0, 0.05) is 19.3 Å². The predicted molar refractivity (Wildman–Crippen MR) is 66.4 cm³/mol. The molecule has 0 aliphatic carbocycles. The zero-order chi connectivity index (χ0) is 12.5. The van der Waals surface area contributed by atoms with Crippen molar-refractivity contribution in [1.82, 2.24) is 4.31 Å². The van der Waals surface area contributed by atoms with Crippen molar-refractivity contribution < 1.29 is 8.42 Å². The predicted octanol–water partition coefficient (Wildman–Crippen LogP) is 2.22. The number of nitrogens with zero attached hydrogens (tertiary/aromatic N) is 1. The molecule has 0 fully saturated rings. The molecule has 0 aliphatic heterocycles. The lowest BCUT2D eigenvalue weighted by Crippen LogP contribution is -2.27. The molecule has 1 rings (SSSR count). The molecule has 1 aromatic rings. The van der Waals surface area contributed by atoms with E-state index in [1.165, 1.54) is 19.2 Å². The third-order valence-electron chi connectivity index (χ3n) is 2.13.